The zero-order valence-corrected chi connectivity index (χ0v) is 7.95. The van der Waals surface area contributed by atoms with E-state index in [0.29, 0.717) is 5.92 Å². The van der Waals surface area contributed by atoms with Crippen LogP contribution >= 0.6 is 11.3 Å². The first-order valence-electron chi connectivity index (χ1n) is 4.08. The maximum Gasteiger partial charge on any atom is 0.0458 e. The van der Waals surface area contributed by atoms with Crippen molar-refractivity contribution in [3.8, 4) is 0 Å². The van der Waals surface area contributed by atoms with Crippen molar-refractivity contribution in [2.45, 2.75) is 32.6 Å². The van der Waals surface area contributed by atoms with Crippen molar-refractivity contribution in [1.82, 2.24) is 0 Å². The number of hydrogen-bond acceptors (Lipinski definition) is 2. The van der Waals surface area contributed by atoms with E-state index >= 15 is 0 Å². The lowest BCUT2D eigenvalue weighted by Gasteiger charge is -2.07. The minimum atomic E-state index is 0.639. The fraction of sp³-hybridized carbons (Fsp3) is 0.556. The quantitative estimate of drug-likeness (QED) is 0.738. The van der Waals surface area contributed by atoms with Gasteiger partial charge in [-0.05, 0) is 23.8 Å². The predicted octanol–water partition coefficient (Wildman–Crippen LogP) is 3.23. The van der Waals surface area contributed by atoms with E-state index < -0.39 is 0 Å². The fourth-order valence-corrected chi connectivity index (χ4v) is 2.21. The zero-order chi connectivity index (χ0) is 8.27. The summed E-state index contributed by atoms with van der Waals surface area (Å²) in [5, 5.41) is 2.07. The SMILES string of the molecule is CCCC(C)c1sccc1N. The van der Waals surface area contributed by atoms with E-state index in [4.69, 9.17) is 5.73 Å². The van der Waals surface area contributed by atoms with Crippen LogP contribution in [0.2, 0.25) is 0 Å². The van der Waals surface area contributed by atoms with Crippen molar-refractivity contribution in [2.24, 2.45) is 0 Å². The van der Waals surface area contributed by atoms with Crippen LogP contribution in [0.5, 0.6) is 0 Å². The van der Waals surface area contributed by atoms with Gasteiger partial charge in [0.15, 0.2) is 0 Å². The van der Waals surface area contributed by atoms with E-state index in [2.05, 4.69) is 19.2 Å². The van der Waals surface area contributed by atoms with E-state index in [1.165, 1.54) is 17.7 Å². The molecule has 1 rings (SSSR count). The van der Waals surface area contributed by atoms with Gasteiger partial charge in [-0.1, -0.05) is 20.3 Å². The van der Waals surface area contributed by atoms with Gasteiger partial charge < -0.3 is 5.73 Å². The normalized spacial score (nSPS) is 13.3. The summed E-state index contributed by atoms with van der Waals surface area (Å²) < 4.78 is 0. The lowest BCUT2D eigenvalue weighted by atomic mass is 10.0. The Morgan fingerprint density at radius 2 is 2.36 bits per heavy atom. The van der Waals surface area contributed by atoms with Gasteiger partial charge in [0.05, 0.1) is 0 Å². The Morgan fingerprint density at radius 3 is 2.82 bits per heavy atom. The van der Waals surface area contributed by atoms with Gasteiger partial charge in [0.25, 0.3) is 0 Å². The van der Waals surface area contributed by atoms with Gasteiger partial charge in [-0.15, -0.1) is 11.3 Å². The van der Waals surface area contributed by atoms with Crippen molar-refractivity contribution in [3.63, 3.8) is 0 Å². The third-order valence-corrected chi connectivity index (χ3v) is 3.06. The van der Waals surface area contributed by atoms with Crippen LogP contribution in [0.4, 0.5) is 5.69 Å². The highest BCUT2D eigenvalue weighted by Gasteiger charge is 2.08. The zero-order valence-electron chi connectivity index (χ0n) is 7.13. The number of rotatable bonds is 3. The highest BCUT2D eigenvalue weighted by atomic mass is 32.1. The van der Waals surface area contributed by atoms with Gasteiger partial charge in [0.1, 0.15) is 0 Å². The third-order valence-electron chi connectivity index (χ3n) is 1.90. The van der Waals surface area contributed by atoms with E-state index in [1.807, 2.05) is 6.07 Å². The maximum absolute atomic E-state index is 5.78. The summed E-state index contributed by atoms with van der Waals surface area (Å²) in [6.45, 7) is 4.45. The molecule has 0 aliphatic heterocycles. The molecule has 62 valence electrons. The molecule has 1 aromatic rings. The van der Waals surface area contributed by atoms with Crippen LogP contribution in [0.15, 0.2) is 11.4 Å². The minimum absolute atomic E-state index is 0.639. The van der Waals surface area contributed by atoms with Gasteiger partial charge in [0.2, 0.25) is 0 Å². The van der Waals surface area contributed by atoms with Crippen LogP contribution in [0.25, 0.3) is 0 Å². The van der Waals surface area contributed by atoms with E-state index in [1.54, 1.807) is 11.3 Å². The van der Waals surface area contributed by atoms with Crippen molar-refractivity contribution < 1.29 is 0 Å². The average molecular weight is 169 g/mol. The first-order valence-corrected chi connectivity index (χ1v) is 4.96. The van der Waals surface area contributed by atoms with Crippen molar-refractivity contribution in [3.05, 3.63) is 16.3 Å². The number of nitrogen functional groups attached to an aromatic ring is 1. The molecule has 11 heavy (non-hydrogen) atoms. The Morgan fingerprint density at radius 1 is 1.64 bits per heavy atom. The molecule has 1 aromatic heterocycles. The van der Waals surface area contributed by atoms with Crippen molar-refractivity contribution in [2.75, 3.05) is 5.73 Å². The molecule has 0 saturated carbocycles. The van der Waals surface area contributed by atoms with Crippen molar-refractivity contribution >= 4 is 17.0 Å². The molecule has 0 fully saturated rings. The number of nitrogens with two attached hydrogens (primary N) is 1. The molecular formula is C9H15NS. The molecule has 1 unspecified atom stereocenters. The molecule has 0 aromatic carbocycles. The minimum Gasteiger partial charge on any atom is -0.398 e. The smallest absolute Gasteiger partial charge is 0.0458 e. The molecule has 0 aliphatic rings. The molecule has 1 atom stereocenters. The van der Waals surface area contributed by atoms with Crippen LogP contribution in [-0.4, -0.2) is 0 Å². The highest BCUT2D eigenvalue weighted by molar-refractivity contribution is 7.10. The van der Waals surface area contributed by atoms with E-state index in [0.717, 1.165) is 5.69 Å². The molecule has 2 heteroatoms. The van der Waals surface area contributed by atoms with Crippen LogP contribution < -0.4 is 5.73 Å². The van der Waals surface area contributed by atoms with Crippen LogP contribution in [-0.2, 0) is 0 Å². The summed E-state index contributed by atoms with van der Waals surface area (Å²) in [6.07, 6.45) is 2.48. The Kier molecular flexibility index (Phi) is 2.94. The third kappa shape index (κ3) is 1.96. The lowest BCUT2D eigenvalue weighted by Crippen LogP contribution is -1.93. The lowest BCUT2D eigenvalue weighted by molar-refractivity contribution is 0.676. The van der Waals surface area contributed by atoms with Crippen LogP contribution in [0.3, 0.4) is 0 Å². The second kappa shape index (κ2) is 3.77. The molecule has 0 aliphatic carbocycles. The molecule has 1 heterocycles. The van der Waals surface area contributed by atoms with Gasteiger partial charge in [-0.25, -0.2) is 0 Å². The molecule has 0 spiro atoms. The molecule has 1 nitrogen and oxygen atoms in total. The summed E-state index contributed by atoms with van der Waals surface area (Å²) in [5.41, 5.74) is 6.75. The second-order valence-corrected chi connectivity index (χ2v) is 3.88. The topological polar surface area (TPSA) is 26.0 Å². The Bertz CT molecular complexity index is 217. The summed E-state index contributed by atoms with van der Waals surface area (Å²) >= 11 is 1.77. The molecule has 0 saturated heterocycles. The van der Waals surface area contributed by atoms with Crippen LogP contribution in [0, 0.1) is 0 Å². The Hall–Kier alpha value is -0.500. The molecular weight excluding hydrogens is 154 g/mol. The van der Waals surface area contributed by atoms with E-state index in [-0.39, 0.29) is 0 Å². The molecule has 0 amide bonds. The molecule has 0 radical (unpaired) electrons. The summed E-state index contributed by atoms with van der Waals surface area (Å²) in [5.74, 6) is 0.639. The summed E-state index contributed by atoms with van der Waals surface area (Å²) in [4.78, 5) is 1.35. The van der Waals surface area contributed by atoms with Gasteiger partial charge in [-0.2, -0.15) is 0 Å². The first-order chi connectivity index (χ1) is 5.25. The van der Waals surface area contributed by atoms with Gasteiger partial charge in [-0.3, -0.25) is 0 Å². The molecule has 2 N–H and O–H groups in total. The average Bonchev–Trinajstić information content (AvgIpc) is 2.36. The Balaban J connectivity index is 2.67. The predicted molar refractivity (Wildman–Crippen MR) is 52.1 cm³/mol. The fourth-order valence-electron chi connectivity index (χ4n) is 1.30. The number of anilines is 1. The monoisotopic (exact) mass is 169 g/mol. The number of thiophene rings is 1. The molecule has 0 bridgehead atoms. The second-order valence-electron chi connectivity index (χ2n) is 2.93. The standard InChI is InChI=1S/C9H15NS/c1-3-4-7(2)9-8(10)5-6-11-9/h5-7H,3-4,10H2,1-2H3. The number of hydrogen-bond donors (Lipinski definition) is 1. The maximum atomic E-state index is 5.78. The summed E-state index contributed by atoms with van der Waals surface area (Å²) in [6, 6.07) is 1.99. The van der Waals surface area contributed by atoms with Gasteiger partial charge in [0, 0.05) is 10.6 Å². The van der Waals surface area contributed by atoms with E-state index in [9.17, 15) is 0 Å². The van der Waals surface area contributed by atoms with Crippen LogP contribution in [0.1, 0.15) is 37.5 Å². The Labute approximate surface area is 72.2 Å². The summed E-state index contributed by atoms with van der Waals surface area (Å²) in [7, 11) is 0. The van der Waals surface area contributed by atoms with Gasteiger partial charge >= 0.3 is 0 Å². The largest absolute Gasteiger partial charge is 0.398 e. The van der Waals surface area contributed by atoms with Crippen molar-refractivity contribution in [1.29, 1.82) is 0 Å². The highest BCUT2D eigenvalue weighted by Crippen LogP contribution is 2.30. The first kappa shape index (κ1) is 8.60.